The first-order chi connectivity index (χ1) is 14.7. The van der Waals surface area contributed by atoms with E-state index in [0.29, 0.717) is 18.7 Å². The van der Waals surface area contributed by atoms with E-state index in [4.69, 9.17) is 9.47 Å². The maximum Gasteiger partial charge on any atom is 0.251 e. The summed E-state index contributed by atoms with van der Waals surface area (Å²) in [7, 11) is 3.28. The zero-order chi connectivity index (χ0) is 21.6. The van der Waals surface area contributed by atoms with Crippen LogP contribution in [-0.2, 0) is 6.42 Å². The highest BCUT2D eigenvalue weighted by atomic mass is 127. The molecule has 0 aliphatic rings. The van der Waals surface area contributed by atoms with Crippen molar-refractivity contribution in [3.05, 3.63) is 59.7 Å². The smallest absolute Gasteiger partial charge is 0.251 e. The summed E-state index contributed by atoms with van der Waals surface area (Å²) < 4.78 is 10.9. The van der Waals surface area contributed by atoms with Gasteiger partial charge in [0.2, 0.25) is 0 Å². The van der Waals surface area contributed by atoms with Crippen molar-refractivity contribution in [2.24, 2.45) is 4.99 Å². The van der Waals surface area contributed by atoms with Gasteiger partial charge in [-0.15, -0.1) is 24.0 Å². The average Bonchev–Trinajstić information content (AvgIpc) is 2.79. The number of carbonyl (C=O) groups is 1. The van der Waals surface area contributed by atoms with Crippen LogP contribution in [0.5, 0.6) is 11.5 Å². The quantitative estimate of drug-likeness (QED) is 0.177. The first-order valence-electron chi connectivity index (χ1n) is 10.3. The molecule has 0 saturated heterocycles. The Morgan fingerprint density at radius 3 is 2.48 bits per heavy atom. The van der Waals surface area contributed by atoms with Gasteiger partial charge in [-0.05, 0) is 55.3 Å². The van der Waals surface area contributed by atoms with Crippen LogP contribution in [0, 0.1) is 0 Å². The normalized spacial score (nSPS) is 10.6. The number of hydrogen-bond acceptors (Lipinski definition) is 4. The fraction of sp³-hybridized carbons (Fsp3) is 0.391. The molecular weight excluding hydrogens is 507 g/mol. The number of amides is 1. The zero-order valence-corrected chi connectivity index (χ0v) is 20.8. The largest absolute Gasteiger partial charge is 0.497 e. The summed E-state index contributed by atoms with van der Waals surface area (Å²) in [5.74, 6) is 2.35. The van der Waals surface area contributed by atoms with Crippen molar-refractivity contribution in [1.82, 2.24) is 16.0 Å². The van der Waals surface area contributed by atoms with E-state index < -0.39 is 0 Å². The Hall–Kier alpha value is -2.49. The topological polar surface area (TPSA) is 84.0 Å². The van der Waals surface area contributed by atoms with Crippen molar-refractivity contribution >= 4 is 35.8 Å². The molecule has 31 heavy (non-hydrogen) atoms. The van der Waals surface area contributed by atoms with Crippen molar-refractivity contribution in [3.8, 4) is 11.5 Å². The molecule has 0 aromatic heterocycles. The summed E-state index contributed by atoms with van der Waals surface area (Å²) >= 11 is 0. The van der Waals surface area contributed by atoms with Crippen molar-refractivity contribution in [2.45, 2.75) is 19.8 Å². The van der Waals surface area contributed by atoms with E-state index in [9.17, 15) is 4.79 Å². The Kier molecular flexibility index (Phi) is 13.1. The van der Waals surface area contributed by atoms with Gasteiger partial charge in [0.05, 0.1) is 13.7 Å². The minimum atomic E-state index is -0.0726. The lowest BCUT2D eigenvalue weighted by atomic mass is 10.1. The van der Waals surface area contributed by atoms with Crippen LogP contribution in [0.25, 0.3) is 0 Å². The number of carbonyl (C=O) groups excluding carboxylic acids is 1. The molecule has 0 radical (unpaired) electrons. The predicted octanol–water partition coefficient (Wildman–Crippen LogP) is 3.24. The number of nitrogens with one attached hydrogen (secondary N) is 3. The van der Waals surface area contributed by atoms with Crippen LogP contribution in [0.2, 0.25) is 0 Å². The molecule has 0 fully saturated rings. The van der Waals surface area contributed by atoms with Crippen LogP contribution in [0.15, 0.2) is 53.5 Å². The summed E-state index contributed by atoms with van der Waals surface area (Å²) in [4.78, 5) is 16.3. The lowest BCUT2D eigenvalue weighted by molar-refractivity contribution is 0.0963. The van der Waals surface area contributed by atoms with Crippen molar-refractivity contribution in [2.75, 3.05) is 40.4 Å². The third kappa shape index (κ3) is 9.91. The molecule has 0 unspecified atom stereocenters. The fourth-order valence-electron chi connectivity index (χ4n) is 2.80. The Bertz CT molecular complexity index is 813. The van der Waals surface area contributed by atoms with Gasteiger partial charge in [0.1, 0.15) is 11.5 Å². The van der Waals surface area contributed by atoms with Gasteiger partial charge in [-0.25, -0.2) is 0 Å². The van der Waals surface area contributed by atoms with E-state index in [1.54, 1.807) is 14.2 Å². The lowest BCUT2D eigenvalue weighted by Crippen LogP contribution is -2.38. The van der Waals surface area contributed by atoms with Gasteiger partial charge in [-0.2, -0.15) is 0 Å². The molecule has 0 aliphatic heterocycles. The molecular formula is C23H33IN4O3. The molecule has 0 spiro atoms. The van der Waals surface area contributed by atoms with Crippen LogP contribution in [-0.4, -0.2) is 52.3 Å². The first kappa shape index (κ1) is 26.5. The Balaban J connectivity index is 0.00000480. The number of aliphatic imine (C=N–C) groups is 1. The van der Waals surface area contributed by atoms with Crippen LogP contribution < -0.4 is 25.4 Å². The number of ether oxygens (including phenoxy) is 2. The molecule has 0 aliphatic carbocycles. The van der Waals surface area contributed by atoms with Gasteiger partial charge in [-0.3, -0.25) is 9.79 Å². The van der Waals surface area contributed by atoms with Crippen LogP contribution in [0.1, 0.15) is 29.3 Å². The first-order valence-corrected chi connectivity index (χ1v) is 10.3. The molecule has 2 aromatic rings. The maximum absolute atomic E-state index is 11.8. The number of methoxy groups -OCH3 is 1. The van der Waals surface area contributed by atoms with E-state index in [1.807, 2.05) is 55.5 Å². The van der Waals surface area contributed by atoms with Gasteiger partial charge in [-0.1, -0.05) is 12.1 Å². The molecule has 0 saturated carbocycles. The van der Waals surface area contributed by atoms with Crippen molar-refractivity contribution < 1.29 is 14.3 Å². The molecule has 0 atom stereocenters. The Morgan fingerprint density at radius 2 is 1.81 bits per heavy atom. The zero-order valence-electron chi connectivity index (χ0n) is 18.4. The van der Waals surface area contributed by atoms with Gasteiger partial charge in [0.15, 0.2) is 5.96 Å². The highest BCUT2D eigenvalue weighted by Crippen LogP contribution is 2.17. The second kappa shape index (κ2) is 15.3. The van der Waals surface area contributed by atoms with E-state index in [2.05, 4.69) is 20.9 Å². The maximum atomic E-state index is 11.8. The third-order valence-electron chi connectivity index (χ3n) is 4.37. The Labute approximate surface area is 202 Å². The highest BCUT2D eigenvalue weighted by Gasteiger charge is 2.04. The molecule has 2 rings (SSSR count). The SMILES string of the molecule is CCNC(=NCCCOc1ccc(OC)cc1)NCCc1cccc(C(=O)NC)c1.I. The lowest BCUT2D eigenvalue weighted by Gasteiger charge is -2.12. The molecule has 8 heteroatoms. The third-order valence-corrected chi connectivity index (χ3v) is 4.37. The second-order valence-electron chi connectivity index (χ2n) is 6.59. The molecule has 3 N–H and O–H groups in total. The van der Waals surface area contributed by atoms with Crippen LogP contribution in [0.4, 0.5) is 0 Å². The summed E-state index contributed by atoms with van der Waals surface area (Å²) in [6, 6.07) is 15.2. The second-order valence-corrected chi connectivity index (χ2v) is 6.59. The molecule has 1 amide bonds. The van der Waals surface area contributed by atoms with Gasteiger partial charge in [0.25, 0.3) is 5.91 Å². The van der Waals surface area contributed by atoms with E-state index in [0.717, 1.165) is 49.0 Å². The highest BCUT2D eigenvalue weighted by molar-refractivity contribution is 14.0. The summed E-state index contributed by atoms with van der Waals surface area (Å²) in [5.41, 5.74) is 1.78. The molecule has 2 aromatic carbocycles. The van der Waals surface area contributed by atoms with E-state index in [1.165, 1.54) is 0 Å². The molecule has 7 nitrogen and oxygen atoms in total. The monoisotopic (exact) mass is 540 g/mol. The minimum absolute atomic E-state index is 0. The van der Waals surface area contributed by atoms with Gasteiger partial charge < -0.3 is 25.4 Å². The van der Waals surface area contributed by atoms with E-state index >= 15 is 0 Å². The summed E-state index contributed by atoms with van der Waals surface area (Å²) in [5, 5.41) is 9.23. The van der Waals surface area contributed by atoms with Crippen LogP contribution in [0.3, 0.4) is 0 Å². The number of benzene rings is 2. The van der Waals surface area contributed by atoms with Gasteiger partial charge in [0, 0.05) is 38.7 Å². The Morgan fingerprint density at radius 1 is 1.06 bits per heavy atom. The fourth-order valence-corrected chi connectivity index (χ4v) is 2.80. The minimum Gasteiger partial charge on any atom is -0.497 e. The predicted molar refractivity (Wildman–Crippen MR) is 136 cm³/mol. The van der Waals surface area contributed by atoms with Gasteiger partial charge >= 0.3 is 0 Å². The number of halogens is 1. The number of rotatable bonds is 11. The van der Waals surface area contributed by atoms with Crippen molar-refractivity contribution in [3.63, 3.8) is 0 Å². The average molecular weight is 540 g/mol. The van der Waals surface area contributed by atoms with E-state index in [-0.39, 0.29) is 29.9 Å². The molecule has 0 bridgehead atoms. The molecule has 170 valence electrons. The number of hydrogen-bond donors (Lipinski definition) is 3. The summed E-state index contributed by atoms with van der Waals surface area (Å²) in [6.07, 6.45) is 1.62. The standard InChI is InChI=1S/C23H32N4O3.HI/c1-4-25-23(26-14-6-16-30-21-11-9-20(29-3)10-12-21)27-15-13-18-7-5-8-19(17-18)22(28)24-2;/h5,7-12,17H,4,6,13-16H2,1-3H3,(H,24,28)(H2,25,26,27);1H. The van der Waals surface area contributed by atoms with Crippen molar-refractivity contribution in [1.29, 1.82) is 0 Å². The number of nitrogens with zero attached hydrogens (tertiary/aromatic N) is 1. The molecule has 0 heterocycles. The number of guanidine groups is 1. The van der Waals surface area contributed by atoms with Crippen LogP contribution >= 0.6 is 24.0 Å². The summed E-state index contributed by atoms with van der Waals surface area (Å²) in [6.45, 7) is 4.82.